The normalized spacial score (nSPS) is 26.0. The minimum Gasteiger partial charge on any atom is -0.337 e. The van der Waals surface area contributed by atoms with Crippen LogP contribution in [-0.4, -0.2) is 47.3 Å². The molecule has 0 spiro atoms. The first-order chi connectivity index (χ1) is 10.3. The molecule has 0 aromatic rings. The van der Waals surface area contributed by atoms with Gasteiger partial charge in [-0.2, -0.15) is 12.6 Å². The van der Waals surface area contributed by atoms with E-state index in [-0.39, 0.29) is 17.9 Å². The van der Waals surface area contributed by atoms with Crippen molar-refractivity contribution in [2.75, 3.05) is 13.1 Å². The number of hydrogen-bond donors (Lipinski definition) is 3. The Hall–Kier alpha value is -0.260. The third kappa shape index (κ3) is 5.74. The van der Waals surface area contributed by atoms with E-state index in [1.165, 1.54) is 0 Å². The van der Waals surface area contributed by atoms with Crippen LogP contribution in [0, 0.1) is 11.8 Å². The van der Waals surface area contributed by atoms with Gasteiger partial charge >= 0.3 is 0 Å². The van der Waals surface area contributed by atoms with Crippen molar-refractivity contribution in [2.24, 2.45) is 17.6 Å². The molecule has 1 fully saturated rings. The highest BCUT2D eigenvalue weighted by Crippen LogP contribution is 2.19. The fraction of sp³-hybridized carbons (Fsp3) is 0.941. The average Bonchev–Trinajstić information content (AvgIpc) is 2.86. The lowest BCUT2D eigenvalue weighted by atomic mass is 9.96. The van der Waals surface area contributed by atoms with E-state index in [9.17, 15) is 4.79 Å². The molecule has 130 valence electrons. The molecule has 1 amide bonds. The number of nitrogens with two attached hydrogens (primary N) is 1. The molecular formula is C17H35N3OS. The van der Waals surface area contributed by atoms with Crippen molar-refractivity contribution in [2.45, 2.75) is 77.3 Å². The van der Waals surface area contributed by atoms with Crippen LogP contribution in [0.1, 0.15) is 53.9 Å². The number of carbonyl (C=O) groups excluding carboxylic acids is 1. The summed E-state index contributed by atoms with van der Waals surface area (Å²) >= 11 is 4.53. The summed E-state index contributed by atoms with van der Waals surface area (Å²) in [6.07, 6.45) is 2.95. The van der Waals surface area contributed by atoms with E-state index in [4.69, 9.17) is 5.73 Å². The Morgan fingerprint density at radius 3 is 2.45 bits per heavy atom. The first-order valence-corrected chi connectivity index (χ1v) is 9.25. The Labute approximate surface area is 142 Å². The van der Waals surface area contributed by atoms with Crippen LogP contribution in [0.4, 0.5) is 0 Å². The maximum atomic E-state index is 12.9. The summed E-state index contributed by atoms with van der Waals surface area (Å²) in [7, 11) is 0. The van der Waals surface area contributed by atoms with Crippen LogP contribution >= 0.6 is 12.6 Å². The molecule has 1 aliphatic rings. The van der Waals surface area contributed by atoms with E-state index >= 15 is 0 Å². The van der Waals surface area contributed by atoms with Gasteiger partial charge in [-0.25, -0.2) is 0 Å². The molecule has 1 aliphatic heterocycles. The Bertz CT molecular complexity index is 351. The smallest absolute Gasteiger partial charge is 0.240 e. The number of thiol groups is 1. The Kier molecular flexibility index (Phi) is 8.22. The Morgan fingerprint density at radius 1 is 1.36 bits per heavy atom. The molecule has 5 heteroatoms. The number of carbonyl (C=O) groups is 1. The molecule has 1 unspecified atom stereocenters. The molecule has 4 nitrogen and oxygen atoms in total. The second kappa shape index (κ2) is 9.14. The SMILES string of the molecule is CC[C@H](C)[C@H](N)C(=O)N(C[C@H]1C[C@@H](S)CN1)C(C)CC(C)C. The Balaban J connectivity index is 2.78. The van der Waals surface area contributed by atoms with Crippen molar-refractivity contribution in [3.8, 4) is 0 Å². The zero-order chi connectivity index (χ0) is 16.9. The molecule has 0 radical (unpaired) electrons. The van der Waals surface area contributed by atoms with Crippen molar-refractivity contribution in [1.29, 1.82) is 0 Å². The first kappa shape index (κ1) is 19.8. The molecule has 5 atom stereocenters. The second-order valence-electron chi connectivity index (χ2n) is 7.38. The van der Waals surface area contributed by atoms with Gasteiger partial charge < -0.3 is 16.0 Å². The molecule has 0 aromatic heterocycles. The first-order valence-electron chi connectivity index (χ1n) is 8.73. The maximum Gasteiger partial charge on any atom is 0.240 e. The van der Waals surface area contributed by atoms with Gasteiger partial charge in [-0.3, -0.25) is 4.79 Å². The number of rotatable bonds is 8. The molecule has 0 bridgehead atoms. The largest absolute Gasteiger partial charge is 0.337 e. The average molecular weight is 330 g/mol. The van der Waals surface area contributed by atoms with E-state index in [0.29, 0.717) is 17.2 Å². The Morgan fingerprint density at radius 2 is 2.00 bits per heavy atom. The van der Waals surface area contributed by atoms with Gasteiger partial charge in [0.25, 0.3) is 0 Å². The topological polar surface area (TPSA) is 58.4 Å². The third-order valence-corrected chi connectivity index (χ3v) is 5.18. The molecule has 3 N–H and O–H groups in total. The summed E-state index contributed by atoms with van der Waals surface area (Å²) in [5, 5.41) is 3.87. The van der Waals surface area contributed by atoms with Crippen LogP contribution < -0.4 is 11.1 Å². The molecule has 22 heavy (non-hydrogen) atoms. The van der Waals surface area contributed by atoms with Crippen molar-refractivity contribution in [3.63, 3.8) is 0 Å². The van der Waals surface area contributed by atoms with Crippen molar-refractivity contribution in [1.82, 2.24) is 10.2 Å². The fourth-order valence-corrected chi connectivity index (χ4v) is 3.52. The minimum atomic E-state index is -0.396. The predicted octanol–water partition coefficient (Wildman–Crippen LogP) is 2.28. The lowest BCUT2D eigenvalue weighted by Crippen LogP contribution is -2.53. The van der Waals surface area contributed by atoms with Gasteiger partial charge in [-0.05, 0) is 31.6 Å². The van der Waals surface area contributed by atoms with Crippen LogP contribution in [0.2, 0.25) is 0 Å². The minimum absolute atomic E-state index is 0.104. The number of amides is 1. The number of hydrogen-bond acceptors (Lipinski definition) is 4. The lowest BCUT2D eigenvalue weighted by molar-refractivity contribution is -0.136. The number of nitrogens with zero attached hydrogens (tertiary/aromatic N) is 1. The van der Waals surface area contributed by atoms with Gasteiger partial charge in [0.1, 0.15) is 0 Å². The molecule has 1 saturated heterocycles. The second-order valence-corrected chi connectivity index (χ2v) is 8.11. The lowest BCUT2D eigenvalue weighted by Gasteiger charge is -2.35. The predicted molar refractivity (Wildman–Crippen MR) is 97.2 cm³/mol. The monoisotopic (exact) mass is 329 g/mol. The summed E-state index contributed by atoms with van der Waals surface area (Å²) < 4.78 is 0. The highest BCUT2D eigenvalue weighted by atomic mass is 32.1. The summed E-state index contributed by atoms with van der Waals surface area (Å²) in [5.74, 6) is 0.890. The van der Waals surface area contributed by atoms with E-state index < -0.39 is 6.04 Å². The summed E-state index contributed by atoms with van der Waals surface area (Å²) in [6.45, 7) is 12.4. The third-order valence-electron chi connectivity index (χ3n) is 4.79. The van der Waals surface area contributed by atoms with Crippen molar-refractivity contribution < 1.29 is 4.79 Å². The van der Waals surface area contributed by atoms with E-state index in [2.05, 4.69) is 52.6 Å². The van der Waals surface area contributed by atoms with Crippen LogP contribution in [0.15, 0.2) is 0 Å². The maximum absolute atomic E-state index is 12.9. The number of nitrogens with one attached hydrogen (secondary N) is 1. The zero-order valence-electron chi connectivity index (χ0n) is 14.9. The van der Waals surface area contributed by atoms with Gasteiger partial charge in [0, 0.05) is 30.4 Å². The van der Waals surface area contributed by atoms with Gasteiger partial charge in [0.2, 0.25) is 5.91 Å². The van der Waals surface area contributed by atoms with Gasteiger partial charge in [0.05, 0.1) is 6.04 Å². The van der Waals surface area contributed by atoms with Crippen molar-refractivity contribution in [3.05, 3.63) is 0 Å². The summed E-state index contributed by atoms with van der Waals surface area (Å²) in [4.78, 5) is 14.9. The van der Waals surface area contributed by atoms with E-state index in [1.54, 1.807) is 0 Å². The molecule has 0 saturated carbocycles. The summed E-state index contributed by atoms with van der Waals surface area (Å²) in [5.41, 5.74) is 6.22. The molecule has 1 heterocycles. The molecular weight excluding hydrogens is 294 g/mol. The fourth-order valence-electron chi connectivity index (χ4n) is 3.16. The molecule has 0 aliphatic carbocycles. The molecule has 1 rings (SSSR count). The van der Waals surface area contributed by atoms with Crippen LogP contribution in [0.25, 0.3) is 0 Å². The van der Waals surface area contributed by atoms with Crippen molar-refractivity contribution >= 4 is 18.5 Å². The van der Waals surface area contributed by atoms with Crippen LogP contribution in [0.3, 0.4) is 0 Å². The quantitative estimate of drug-likeness (QED) is 0.599. The highest BCUT2D eigenvalue weighted by Gasteiger charge is 2.32. The summed E-state index contributed by atoms with van der Waals surface area (Å²) in [6, 6.07) is 0.168. The van der Waals surface area contributed by atoms with E-state index in [0.717, 1.165) is 32.4 Å². The van der Waals surface area contributed by atoms with Crippen LogP contribution in [0.5, 0.6) is 0 Å². The van der Waals surface area contributed by atoms with Gasteiger partial charge in [-0.1, -0.05) is 34.1 Å². The molecule has 0 aromatic carbocycles. The van der Waals surface area contributed by atoms with Crippen LogP contribution in [-0.2, 0) is 4.79 Å². The zero-order valence-corrected chi connectivity index (χ0v) is 15.8. The van der Waals surface area contributed by atoms with E-state index in [1.807, 2.05) is 4.90 Å². The highest BCUT2D eigenvalue weighted by molar-refractivity contribution is 7.81. The van der Waals surface area contributed by atoms with Gasteiger partial charge in [-0.15, -0.1) is 0 Å². The standard InChI is InChI=1S/C17H35N3OS/c1-6-12(4)16(18)17(21)20(13(5)7-11(2)3)10-14-8-15(22)9-19-14/h11-16,19,22H,6-10,18H2,1-5H3/t12-,13?,14+,15+,16-/m0/s1. The van der Waals surface area contributed by atoms with Gasteiger partial charge in [0.15, 0.2) is 0 Å².